The van der Waals surface area contributed by atoms with Crippen molar-refractivity contribution in [1.29, 1.82) is 0 Å². The summed E-state index contributed by atoms with van der Waals surface area (Å²) in [5.74, 6) is 0.463. The Bertz CT molecular complexity index is 266. The van der Waals surface area contributed by atoms with Gasteiger partial charge in [-0.15, -0.1) is 0 Å². The van der Waals surface area contributed by atoms with E-state index in [-0.39, 0.29) is 11.6 Å². The number of nitrogens with zero attached hydrogens (tertiary/aromatic N) is 2. The second-order valence-corrected chi connectivity index (χ2v) is 4.16. The molecule has 0 heterocycles. The van der Waals surface area contributed by atoms with Crippen molar-refractivity contribution in [2.75, 3.05) is 13.1 Å². The first kappa shape index (κ1) is 16.7. The molecular weight excluding hydrogens is 228 g/mol. The van der Waals surface area contributed by atoms with Gasteiger partial charge in [0.25, 0.3) is 0 Å². The second kappa shape index (κ2) is 12.1. The summed E-state index contributed by atoms with van der Waals surface area (Å²) in [6.45, 7) is 5.14. The fraction of sp³-hybridized carbons (Fsp3) is 0.714. The summed E-state index contributed by atoms with van der Waals surface area (Å²) in [6, 6.07) is 0. The minimum absolute atomic E-state index is 0.231. The number of aliphatic imine (C=N–C) groups is 2. The molecule has 4 heteroatoms. The van der Waals surface area contributed by atoms with Crippen molar-refractivity contribution in [3.8, 4) is 0 Å². The lowest BCUT2D eigenvalue weighted by Gasteiger charge is -1.93. The standard InChI is InChI=1S/C14H24N2O2/c1-3-5-13(17)7-9-15-11-12-16-10-8-14(18)6-4-2/h9-10H,3-8,11-12H2,1-2H3. The Labute approximate surface area is 110 Å². The Morgan fingerprint density at radius 2 is 1.22 bits per heavy atom. The molecule has 0 bridgehead atoms. The predicted molar refractivity (Wildman–Crippen MR) is 75.8 cm³/mol. The number of ketones is 2. The lowest BCUT2D eigenvalue weighted by molar-refractivity contribution is -0.118. The van der Waals surface area contributed by atoms with E-state index in [1.54, 1.807) is 12.4 Å². The number of hydrogen-bond donors (Lipinski definition) is 0. The third kappa shape index (κ3) is 11.2. The fourth-order valence-corrected chi connectivity index (χ4v) is 1.39. The summed E-state index contributed by atoms with van der Waals surface area (Å²) >= 11 is 0. The highest BCUT2D eigenvalue weighted by molar-refractivity contribution is 5.91. The van der Waals surface area contributed by atoms with Crippen molar-refractivity contribution >= 4 is 24.0 Å². The lowest BCUT2D eigenvalue weighted by atomic mass is 10.2. The Morgan fingerprint density at radius 1 is 0.833 bits per heavy atom. The second-order valence-electron chi connectivity index (χ2n) is 4.16. The van der Waals surface area contributed by atoms with Crippen LogP contribution in [0, 0.1) is 0 Å². The SMILES string of the molecule is CCCC(=O)CC=NCCN=CCC(=O)CCC. The Balaban J connectivity index is 3.49. The molecule has 0 aliphatic carbocycles. The van der Waals surface area contributed by atoms with E-state index in [0.717, 1.165) is 12.8 Å². The topological polar surface area (TPSA) is 58.9 Å². The van der Waals surface area contributed by atoms with E-state index in [4.69, 9.17) is 0 Å². The third-order valence-electron chi connectivity index (χ3n) is 2.31. The monoisotopic (exact) mass is 252 g/mol. The van der Waals surface area contributed by atoms with E-state index in [2.05, 4.69) is 9.98 Å². The maximum atomic E-state index is 11.2. The van der Waals surface area contributed by atoms with Crippen molar-refractivity contribution in [2.45, 2.75) is 52.4 Å². The van der Waals surface area contributed by atoms with Gasteiger partial charge >= 0.3 is 0 Å². The maximum absolute atomic E-state index is 11.2. The van der Waals surface area contributed by atoms with Gasteiger partial charge in [0.05, 0.1) is 13.1 Å². The molecule has 102 valence electrons. The zero-order valence-electron chi connectivity index (χ0n) is 11.5. The van der Waals surface area contributed by atoms with Crippen LogP contribution in [0.25, 0.3) is 0 Å². The van der Waals surface area contributed by atoms with Gasteiger partial charge in [-0.1, -0.05) is 13.8 Å². The van der Waals surface area contributed by atoms with E-state index in [1.165, 1.54) is 0 Å². The van der Waals surface area contributed by atoms with Crippen LogP contribution in [-0.2, 0) is 9.59 Å². The molecule has 18 heavy (non-hydrogen) atoms. The molecule has 0 aliphatic heterocycles. The van der Waals surface area contributed by atoms with Gasteiger partial charge in [0.1, 0.15) is 11.6 Å². The van der Waals surface area contributed by atoms with Crippen LogP contribution >= 0.6 is 0 Å². The first-order valence-electron chi connectivity index (χ1n) is 6.70. The van der Waals surface area contributed by atoms with Gasteiger partial charge in [0.15, 0.2) is 0 Å². The van der Waals surface area contributed by atoms with Gasteiger partial charge in [-0.3, -0.25) is 19.6 Å². The maximum Gasteiger partial charge on any atom is 0.138 e. The molecule has 0 aromatic rings. The highest BCUT2D eigenvalue weighted by Gasteiger charge is 1.96. The molecule has 4 nitrogen and oxygen atoms in total. The summed E-state index contributed by atoms with van der Waals surface area (Å²) in [7, 11) is 0. The van der Waals surface area contributed by atoms with Gasteiger partial charge in [-0.2, -0.15) is 0 Å². The molecule has 0 radical (unpaired) electrons. The van der Waals surface area contributed by atoms with Gasteiger partial charge in [0.2, 0.25) is 0 Å². The number of rotatable bonds is 11. The smallest absolute Gasteiger partial charge is 0.138 e. The average Bonchev–Trinajstić information content (AvgIpc) is 2.33. The normalized spacial score (nSPS) is 11.4. The molecule has 0 saturated carbocycles. The van der Waals surface area contributed by atoms with E-state index in [9.17, 15) is 9.59 Å². The molecule has 0 amide bonds. The number of hydrogen-bond acceptors (Lipinski definition) is 4. The van der Waals surface area contributed by atoms with Crippen LogP contribution in [0.4, 0.5) is 0 Å². The molecule has 0 aromatic carbocycles. The van der Waals surface area contributed by atoms with Gasteiger partial charge < -0.3 is 0 Å². The number of carbonyl (C=O) groups is 2. The average molecular weight is 252 g/mol. The van der Waals surface area contributed by atoms with Crippen LogP contribution in [0.1, 0.15) is 52.4 Å². The third-order valence-corrected chi connectivity index (χ3v) is 2.31. The van der Waals surface area contributed by atoms with E-state index < -0.39 is 0 Å². The van der Waals surface area contributed by atoms with Crippen LogP contribution in [0.15, 0.2) is 9.98 Å². The van der Waals surface area contributed by atoms with Crippen LogP contribution in [-0.4, -0.2) is 37.1 Å². The number of Topliss-reactive ketones (excluding diaryl/α,β-unsaturated/α-hetero) is 2. The molecule has 0 rings (SSSR count). The molecule has 0 atom stereocenters. The molecule has 0 unspecified atom stereocenters. The molecule has 0 N–H and O–H groups in total. The molecule has 0 aliphatic rings. The Morgan fingerprint density at radius 3 is 1.56 bits per heavy atom. The van der Waals surface area contributed by atoms with Crippen LogP contribution in [0.2, 0.25) is 0 Å². The summed E-state index contributed by atoms with van der Waals surface area (Å²) in [4.78, 5) is 30.5. The van der Waals surface area contributed by atoms with Crippen LogP contribution in [0.3, 0.4) is 0 Å². The quantitative estimate of drug-likeness (QED) is 0.419. The predicted octanol–water partition coefficient (Wildman–Crippen LogP) is 2.65. The van der Waals surface area contributed by atoms with Crippen LogP contribution < -0.4 is 0 Å². The van der Waals surface area contributed by atoms with Crippen molar-refractivity contribution in [3.63, 3.8) is 0 Å². The zero-order chi connectivity index (χ0) is 13.6. The molecular formula is C14H24N2O2. The molecule has 0 spiro atoms. The van der Waals surface area contributed by atoms with Gasteiger partial charge in [-0.05, 0) is 12.8 Å². The Hall–Kier alpha value is -1.32. The van der Waals surface area contributed by atoms with E-state index in [1.807, 2.05) is 13.8 Å². The summed E-state index contributed by atoms with van der Waals surface area (Å²) in [5.41, 5.74) is 0. The van der Waals surface area contributed by atoms with Gasteiger partial charge in [0, 0.05) is 38.1 Å². The largest absolute Gasteiger partial charge is 0.299 e. The van der Waals surface area contributed by atoms with E-state index in [0.29, 0.717) is 38.8 Å². The molecule has 0 fully saturated rings. The van der Waals surface area contributed by atoms with Crippen molar-refractivity contribution in [3.05, 3.63) is 0 Å². The summed E-state index contributed by atoms with van der Waals surface area (Å²) < 4.78 is 0. The lowest BCUT2D eigenvalue weighted by Crippen LogP contribution is -1.99. The highest BCUT2D eigenvalue weighted by Crippen LogP contribution is 1.92. The minimum Gasteiger partial charge on any atom is -0.299 e. The first-order chi connectivity index (χ1) is 8.70. The fourth-order valence-electron chi connectivity index (χ4n) is 1.39. The molecule has 0 aromatic heterocycles. The Kier molecular flexibility index (Phi) is 11.3. The minimum atomic E-state index is 0.231. The summed E-state index contributed by atoms with van der Waals surface area (Å²) in [6.07, 6.45) is 7.21. The number of carbonyl (C=O) groups excluding carboxylic acids is 2. The van der Waals surface area contributed by atoms with Crippen molar-refractivity contribution in [2.24, 2.45) is 9.98 Å². The zero-order valence-corrected chi connectivity index (χ0v) is 11.5. The van der Waals surface area contributed by atoms with Crippen molar-refractivity contribution < 1.29 is 9.59 Å². The van der Waals surface area contributed by atoms with Crippen molar-refractivity contribution in [1.82, 2.24) is 0 Å². The molecule has 0 saturated heterocycles. The highest BCUT2D eigenvalue weighted by atomic mass is 16.1. The first-order valence-corrected chi connectivity index (χ1v) is 6.70. The van der Waals surface area contributed by atoms with Gasteiger partial charge in [-0.25, -0.2) is 0 Å². The summed E-state index contributed by atoms with van der Waals surface area (Å²) in [5, 5.41) is 0. The van der Waals surface area contributed by atoms with Crippen LogP contribution in [0.5, 0.6) is 0 Å². The van der Waals surface area contributed by atoms with E-state index >= 15 is 0 Å².